The fourth-order valence-electron chi connectivity index (χ4n) is 3.12. The predicted molar refractivity (Wildman–Crippen MR) is 92.0 cm³/mol. The van der Waals surface area contributed by atoms with Crippen molar-refractivity contribution in [1.82, 2.24) is 4.90 Å². The first-order valence-corrected chi connectivity index (χ1v) is 8.27. The Hall–Kier alpha value is -2.13. The maximum atomic E-state index is 12.6. The number of hydrogen-bond donors (Lipinski definition) is 0. The van der Waals surface area contributed by atoms with Gasteiger partial charge in [0.2, 0.25) is 0 Å². The lowest BCUT2D eigenvalue weighted by Crippen LogP contribution is -2.29. The molecule has 1 aliphatic rings. The average Bonchev–Trinajstić information content (AvgIpc) is 2.62. The summed E-state index contributed by atoms with van der Waals surface area (Å²) in [7, 11) is 1.59. The van der Waals surface area contributed by atoms with Crippen LogP contribution in [0.25, 0.3) is 0 Å². The van der Waals surface area contributed by atoms with Crippen molar-refractivity contribution < 1.29 is 9.53 Å². The van der Waals surface area contributed by atoms with Crippen LogP contribution in [0.4, 0.5) is 0 Å². The second-order valence-corrected chi connectivity index (χ2v) is 6.06. The number of carbonyl (C=O) groups excluding carboxylic acids is 1. The lowest BCUT2D eigenvalue weighted by molar-refractivity contribution is 0.103. The van der Waals surface area contributed by atoms with Crippen molar-refractivity contribution in [3.63, 3.8) is 0 Å². The molecule has 0 aliphatic carbocycles. The Labute approximate surface area is 137 Å². The number of likely N-dealkylation sites (tertiary alicyclic amines) is 1. The van der Waals surface area contributed by atoms with Gasteiger partial charge < -0.3 is 4.74 Å². The molecule has 0 N–H and O–H groups in total. The summed E-state index contributed by atoms with van der Waals surface area (Å²) in [5.41, 5.74) is 2.58. The molecule has 0 saturated carbocycles. The summed E-state index contributed by atoms with van der Waals surface area (Å²) >= 11 is 0. The van der Waals surface area contributed by atoms with Gasteiger partial charge in [-0.1, -0.05) is 42.8 Å². The van der Waals surface area contributed by atoms with Crippen molar-refractivity contribution in [2.75, 3.05) is 20.2 Å². The number of piperidine rings is 1. The first kappa shape index (κ1) is 15.8. The van der Waals surface area contributed by atoms with Crippen LogP contribution in [0.1, 0.15) is 40.7 Å². The first-order valence-electron chi connectivity index (χ1n) is 8.27. The average molecular weight is 309 g/mol. The maximum absolute atomic E-state index is 12.6. The molecule has 120 valence electrons. The molecule has 1 saturated heterocycles. The molecule has 2 aromatic carbocycles. The predicted octanol–water partition coefficient (Wildman–Crippen LogP) is 3.91. The monoisotopic (exact) mass is 309 g/mol. The van der Waals surface area contributed by atoms with Crippen LogP contribution < -0.4 is 4.74 Å². The normalized spacial score (nSPS) is 15.3. The van der Waals surface area contributed by atoms with Crippen molar-refractivity contribution in [3.8, 4) is 5.75 Å². The van der Waals surface area contributed by atoms with Crippen LogP contribution >= 0.6 is 0 Å². The molecular weight excluding hydrogens is 286 g/mol. The minimum absolute atomic E-state index is 0.00646. The van der Waals surface area contributed by atoms with Crippen LogP contribution in [-0.2, 0) is 6.54 Å². The van der Waals surface area contributed by atoms with Gasteiger partial charge in [0, 0.05) is 12.1 Å². The summed E-state index contributed by atoms with van der Waals surface area (Å²) in [6, 6.07) is 15.3. The quantitative estimate of drug-likeness (QED) is 0.784. The molecule has 1 aliphatic heterocycles. The summed E-state index contributed by atoms with van der Waals surface area (Å²) in [6.07, 6.45) is 3.94. The largest absolute Gasteiger partial charge is 0.496 e. The highest BCUT2D eigenvalue weighted by molar-refractivity contribution is 6.10. The highest BCUT2D eigenvalue weighted by Crippen LogP contribution is 2.21. The lowest BCUT2D eigenvalue weighted by atomic mass is 10.0. The lowest BCUT2D eigenvalue weighted by Gasteiger charge is -2.26. The van der Waals surface area contributed by atoms with E-state index < -0.39 is 0 Å². The second-order valence-electron chi connectivity index (χ2n) is 6.06. The standard InChI is InChI=1S/C20H23NO2/c1-23-19-8-4-3-7-18(19)20(22)17-11-9-16(10-12-17)15-21-13-5-2-6-14-21/h3-4,7-12H,2,5-6,13-15H2,1H3. The Morgan fingerprint density at radius 1 is 1.00 bits per heavy atom. The molecule has 3 rings (SSSR count). The smallest absolute Gasteiger partial charge is 0.196 e. The van der Waals surface area contributed by atoms with Gasteiger partial charge in [-0.25, -0.2) is 0 Å². The topological polar surface area (TPSA) is 29.5 Å². The number of rotatable bonds is 5. The van der Waals surface area contributed by atoms with Gasteiger partial charge in [0.1, 0.15) is 5.75 Å². The van der Waals surface area contributed by atoms with Crippen molar-refractivity contribution in [3.05, 3.63) is 65.2 Å². The Balaban J connectivity index is 1.72. The summed E-state index contributed by atoms with van der Waals surface area (Å²) in [6.45, 7) is 3.34. The van der Waals surface area contributed by atoms with Crippen LogP contribution in [0.3, 0.4) is 0 Å². The highest BCUT2D eigenvalue weighted by Gasteiger charge is 2.14. The van der Waals surface area contributed by atoms with E-state index in [1.165, 1.54) is 37.9 Å². The van der Waals surface area contributed by atoms with Crippen molar-refractivity contribution in [1.29, 1.82) is 0 Å². The summed E-state index contributed by atoms with van der Waals surface area (Å²) in [4.78, 5) is 15.1. The third-order valence-electron chi connectivity index (χ3n) is 4.42. The van der Waals surface area contributed by atoms with Gasteiger partial charge >= 0.3 is 0 Å². The molecule has 0 bridgehead atoms. The minimum Gasteiger partial charge on any atom is -0.496 e. The van der Waals surface area contributed by atoms with Crippen molar-refractivity contribution in [2.45, 2.75) is 25.8 Å². The van der Waals surface area contributed by atoms with Gasteiger partial charge in [0.15, 0.2) is 5.78 Å². The molecule has 0 radical (unpaired) electrons. The van der Waals surface area contributed by atoms with E-state index in [0.717, 1.165) is 6.54 Å². The number of hydrogen-bond acceptors (Lipinski definition) is 3. The van der Waals surface area contributed by atoms with Crippen molar-refractivity contribution >= 4 is 5.78 Å². The number of methoxy groups -OCH3 is 1. The van der Waals surface area contributed by atoms with Gasteiger partial charge in [0.25, 0.3) is 0 Å². The van der Waals surface area contributed by atoms with E-state index in [0.29, 0.717) is 16.9 Å². The van der Waals surface area contributed by atoms with E-state index in [2.05, 4.69) is 17.0 Å². The van der Waals surface area contributed by atoms with Crippen LogP contribution in [-0.4, -0.2) is 30.9 Å². The fourth-order valence-corrected chi connectivity index (χ4v) is 3.12. The number of nitrogens with zero attached hydrogens (tertiary/aromatic N) is 1. The van der Waals surface area contributed by atoms with Crippen LogP contribution in [0.2, 0.25) is 0 Å². The number of benzene rings is 2. The maximum Gasteiger partial charge on any atom is 0.196 e. The van der Waals surface area contributed by atoms with Gasteiger partial charge in [-0.2, -0.15) is 0 Å². The third-order valence-corrected chi connectivity index (χ3v) is 4.42. The Bertz CT molecular complexity index is 658. The molecule has 0 spiro atoms. The zero-order valence-electron chi connectivity index (χ0n) is 13.6. The van der Waals surface area contributed by atoms with E-state index in [1.807, 2.05) is 36.4 Å². The first-order chi connectivity index (χ1) is 11.3. The third kappa shape index (κ3) is 3.80. The van der Waals surface area contributed by atoms with E-state index >= 15 is 0 Å². The van der Waals surface area contributed by atoms with Crippen LogP contribution in [0.5, 0.6) is 5.75 Å². The summed E-state index contributed by atoms with van der Waals surface area (Å²) in [5.74, 6) is 0.627. The molecule has 0 amide bonds. The number of ether oxygens (including phenoxy) is 1. The van der Waals surface area contributed by atoms with Crippen molar-refractivity contribution in [2.24, 2.45) is 0 Å². The zero-order valence-corrected chi connectivity index (χ0v) is 13.6. The van der Waals surface area contributed by atoms with E-state index in [1.54, 1.807) is 7.11 Å². The summed E-state index contributed by atoms with van der Waals surface area (Å²) < 4.78 is 5.28. The molecule has 0 atom stereocenters. The molecule has 3 nitrogen and oxygen atoms in total. The number of ketones is 1. The molecule has 1 heterocycles. The van der Waals surface area contributed by atoms with Gasteiger partial charge in [-0.3, -0.25) is 9.69 Å². The molecule has 23 heavy (non-hydrogen) atoms. The van der Waals surface area contributed by atoms with Crippen LogP contribution in [0, 0.1) is 0 Å². The Morgan fingerprint density at radius 2 is 1.70 bits per heavy atom. The van der Waals surface area contributed by atoms with E-state index in [9.17, 15) is 4.79 Å². The van der Waals surface area contributed by atoms with Gasteiger partial charge in [0.05, 0.1) is 12.7 Å². The van der Waals surface area contributed by atoms with Gasteiger partial charge in [-0.15, -0.1) is 0 Å². The second kappa shape index (κ2) is 7.42. The Kier molecular flexibility index (Phi) is 5.09. The van der Waals surface area contributed by atoms with E-state index in [-0.39, 0.29) is 5.78 Å². The molecule has 0 aromatic heterocycles. The Morgan fingerprint density at radius 3 is 2.39 bits per heavy atom. The number of para-hydroxylation sites is 1. The zero-order chi connectivity index (χ0) is 16.1. The molecular formula is C20H23NO2. The van der Waals surface area contributed by atoms with Gasteiger partial charge in [-0.05, 0) is 43.6 Å². The molecule has 3 heteroatoms. The fraction of sp³-hybridized carbons (Fsp3) is 0.350. The SMILES string of the molecule is COc1ccccc1C(=O)c1ccc(CN2CCCCC2)cc1. The highest BCUT2D eigenvalue weighted by atomic mass is 16.5. The molecule has 1 fully saturated rings. The number of carbonyl (C=O) groups is 1. The van der Waals surface area contributed by atoms with E-state index in [4.69, 9.17) is 4.74 Å². The minimum atomic E-state index is 0.00646. The molecule has 2 aromatic rings. The molecule has 0 unspecified atom stereocenters. The van der Waals surface area contributed by atoms with Crippen LogP contribution in [0.15, 0.2) is 48.5 Å². The summed E-state index contributed by atoms with van der Waals surface area (Å²) in [5, 5.41) is 0.